The first-order chi connectivity index (χ1) is 9.63. The molecule has 1 atom stereocenters. The molecule has 1 aromatic heterocycles. The molecule has 20 heavy (non-hydrogen) atoms. The van der Waals surface area contributed by atoms with E-state index in [4.69, 9.17) is 17.3 Å². The number of aromatic nitrogens is 4. The second-order valence-corrected chi connectivity index (χ2v) is 6.62. The number of tetrazole rings is 1. The summed E-state index contributed by atoms with van der Waals surface area (Å²) < 4.78 is 1.90. The minimum atomic E-state index is 0.105. The van der Waals surface area contributed by atoms with Gasteiger partial charge in [-0.15, -0.1) is 5.10 Å². The van der Waals surface area contributed by atoms with E-state index >= 15 is 0 Å². The summed E-state index contributed by atoms with van der Waals surface area (Å²) in [6, 6.07) is 6.60. The number of hydrogen-bond acceptors (Lipinski definition) is 5. The molecule has 0 aliphatic heterocycles. The quantitative estimate of drug-likeness (QED) is 0.919. The Labute approximate surface area is 126 Å². The van der Waals surface area contributed by atoms with Gasteiger partial charge in [-0.25, -0.2) is 4.68 Å². The molecule has 7 heteroatoms. The first kappa shape index (κ1) is 13.9. The van der Waals surface area contributed by atoms with Crippen LogP contribution in [0.4, 0.5) is 0 Å². The minimum absolute atomic E-state index is 0.105. The fraction of sp³-hybridized carbons (Fsp3) is 0.462. The van der Waals surface area contributed by atoms with Gasteiger partial charge in [0.15, 0.2) is 0 Å². The Balaban J connectivity index is 1.77. The van der Waals surface area contributed by atoms with Crippen LogP contribution in [0.2, 0.25) is 5.02 Å². The molecular formula is C13H16ClN5S. The second-order valence-electron chi connectivity index (χ2n) is 5.17. The predicted molar refractivity (Wildman–Crippen MR) is 79.0 cm³/mol. The van der Waals surface area contributed by atoms with Crippen molar-refractivity contribution in [2.75, 3.05) is 0 Å². The van der Waals surface area contributed by atoms with Crippen molar-refractivity contribution in [3.05, 3.63) is 28.8 Å². The van der Waals surface area contributed by atoms with Crippen LogP contribution >= 0.6 is 23.4 Å². The van der Waals surface area contributed by atoms with Crippen molar-refractivity contribution in [3.63, 3.8) is 0 Å². The molecule has 106 valence electrons. The van der Waals surface area contributed by atoms with Crippen LogP contribution in [0.5, 0.6) is 0 Å². The van der Waals surface area contributed by atoms with Gasteiger partial charge in [-0.05, 0) is 66.1 Å². The summed E-state index contributed by atoms with van der Waals surface area (Å²) in [7, 11) is 0. The molecular weight excluding hydrogens is 294 g/mol. The Morgan fingerprint density at radius 2 is 2.30 bits per heavy atom. The third-order valence-corrected chi connectivity index (χ3v) is 4.42. The predicted octanol–water partition coefficient (Wildman–Crippen LogP) is 2.70. The highest BCUT2D eigenvalue weighted by Crippen LogP contribution is 2.38. The lowest BCUT2D eigenvalue weighted by Crippen LogP contribution is -2.17. The van der Waals surface area contributed by atoms with Gasteiger partial charge in [0.2, 0.25) is 5.16 Å². The van der Waals surface area contributed by atoms with E-state index in [1.54, 1.807) is 11.8 Å². The van der Waals surface area contributed by atoms with Gasteiger partial charge in [0.05, 0.1) is 6.04 Å². The highest BCUT2D eigenvalue weighted by molar-refractivity contribution is 7.99. The SMILES string of the molecule is CC(N)Cc1ccc(Sc2nnnn2C2CC2)cc1Cl. The molecule has 1 aromatic carbocycles. The van der Waals surface area contributed by atoms with E-state index in [0.29, 0.717) is 6.04 Å². The van der Waals surface area contributed by atoms with E-state index in [1.165, 1.54) is 0 Å². The van der Waals surface area contributed by atoms with Crippen LogP contribution in [0.15, 0.2) is 28.3 Å². The highest BCUT2D eigenvalue weighted by atomic mass is 35.5. The third-order valence-electron chi connectivity index (χ3n) is 3.13. The van der Waals surface area contributed by atoms with Gasteiger partial charge in [-0.2, -0.15) is 0 Å². The number of nitrogens with two attached hydrogens (primary N) is 1. The maximum atomic E-state index is 6.30. The van der Waals surface area contributed by atoms with Crippen LogP contribution in [0, 0.1) is 0 Å². The molecule has 0 spiro atoms. The van der Waals surface area contributed by atoms with Crippen LogP contribution in [-0.2, 0) is 6.42 Å². The van der Waals surface area contributed by atoms with Crippen LogP contribution in [0.1, 0.15) is 31.4 Å². The lowest BCUT2D eigenvalue weighted by molar-refractivity contribution is 0.565. The van der Waals surface area contributed by atoms with Crippen molar-refractivity contribution < 1.29 is 0 Å². The topological polar surface area (TPSA) is 69.6 Å². The van der Waals surface area contributed by atoms with Crippen molar-refractivity contribution in [2.24, 2.45) is 5.73 Å². The molecule has 1 aliphatic rings. The maximum Gasteiger partial charge on any atom is 0.214 e. The van der Waals surface area contributed by atoms with Crippen LogP contribution in [0.25, 0.3) is 0 Å². The van der Waals surface area contributed by atoms with Crippen molar-refractivity contribution in [1.29, 1.82) is 0 Å². The largest absolute Gasteiger partial charge is 0.328 e. The second kappa shape index (κ2) is 5.71. The molecule has 1 fully saturated rings. The number of benzene rings is 1. The minimum Gasteiger partial charge on any atom is -0.328 e. The Morgan fingerprint density at radius 3 is 2.95 bits per heavy atom. The summed E-state index contributed by atoms with van der Waals surface area (Å²) in [5.74, 6) is 0. The van der Waals surface area contributed by atoms with Gasteiger partial charge in [-0.3, -0.25) is 0 Å². The van der Waals surface area contributed by atoms with Crippen LogP contribution in [-0.4, -0.2) is 26.2 Å². The zero-order valence-electron chi connectivity index (χ0n) is 11.2. The summed E-state index contributed by atoms with van der Waals surface area (Å²) >= 11 is 7.84. The van der Waals surface area contributed by atoms with E-state index in [-0.39, 0.29) is 6.04 Å². The maximum absolute atomic E-state index is 6.30. The molecule has 1 saturated carbocycles. The van der Waals surface area contributed by atoms with Crippen molar-refractivity contribution in [3.8, 4) is 0 Å². The fourth-order valence-electron chi connectivity index (χ4n) is 2.01. The van der Waals surface area contributed by atoms with Crippen molar-refractivity contribution >= 4 is 23.4 Å². The molecule has 2 aromatic rings. The smallest absolute Gasteiger partial charge is 0.214 e. The average Bonchev–Trinajstić information content (AvgIpc) is 3.13. The normalized spacial score (nSPS) is 16.4. The summed E-state index contributed by atoms with van der Waals surface area (Å²) in [5, 5.41) is 13.4. The van der Waals surface area contributed by atoms with E-state index in [1.807, 2.05) is 29.8 Å². The third kappa shape index (κ3) is 3.13. The highest BCUT2D eigenvalue weighted by Gasteiger charge is 2.28. The molecule has 1 aliphatic carbocycles. The Morgan fingerprint density at radius 1 is 1.50 bits per heavy atom. The molecule has 0 bridgehead atoms. The molecule has 0 amide bonds. The van der Waals surface area contributed by atoms with Crippen LogP contribution < -0.4 is 5.73 Å². The lowest BCUT2D eigenvalue weighted by atomic mass is 10.1. The molecule has 1 heterocycles. The summed E-state index contributed by atoms with van der Waals surface area (Å²) in [5.41, 5.74) is 6.88. The number of hydrogen-bond donors (Lipinski definition) is 1. The van der Waals surface area contributed by atoms with E-state index in [0.717, 1.165) is 39.9 Å². The summed E-state index contributed by atoms with van der Waals surface area (Å²) in [6.07, 6.45) is 3.10. The first-order valence-electron chi connectivity index (χ1n) is 6.63. The zero-order chi connectivity index (χ0) is 14.1. The van der Waals surface area contributed by atoms with E-state index < -0.39 is 0 Å². The van der Waals surface area contributed by atoms with Gasteiger partial charge < -0.3 is 5.73 Å². The monoisotopic (exact) mass is 309 g/mol. The lowest BCUT2D eigenvalue weighted by Gasteiger charge is -2.09. The average molecular weight is 310 g/mol. The molecule has 0 saturated heterocycles. The number of nitrogens with zero attached hydrogens (tertiary/aromatic N) is 4. The Hall–Kier alpha value is -1.11. The van der Waals surface area contributed by atoms with Gasteiger partial charge in [0, 0.05) is 16.0 Å². The Bertz CT molecular complexity index is 609. The Kier molecular flexibility index (Phi) is 3.96. The number of halogens is 1. The van der Waals surface area contributed by atoms with Gasteiger partial charge in [-0.1, -0.05) is 17.7 Å². The fourth-order valence-corrected chi connectivity index (χ4v) is 3.21. The zero-order valence-corrected chi connectivity index (χ0v) is 12.7. The molecule has 2 N–H and O–H groups in total. The van der Waals surface area contributed by atoms with E-state index in [9.17, 15) is 0 Å². The van der Waals surface area contributed by atoms with Crippen molar-refractivity contribution in [2.45, 2.75) is 48.3 Å². The van der Waals surface area contributed by atoms with Crippen LogP contribution in [0.3, 0.4) is 0 Å². The van der Waals surface area contributed by atoms with E-state index in [2.05, 4.69) is 15.5 Å². The molecule has 3 rings (SSSR count). The molecule has 0 radical (unpaired) electrons. The molecule has 5 nitrogen and oxygen atoms in total. The van der Waals surface area contributed by atoms with Gasteiger partial charge in [0.25, 0.3) is 0 Å². The van der Waals surface area contributed by atoms with Crippen molar-refractivity contribution in [1.82, 2.24) is 20.2 Å². The first-order valence-corrected chi connectivity index (χ1v) is 7.82. The molecule has 1 unspecified atom stereocenters. The summed E-state index contributed by atoms with van der Waals surface area (Å²) in [6.45, 7) is 1.97. The summed E-state index contributed by atoms with van der Waals surface area (Å²) in [4.78, 5) is 1.04. The standard InChI is InChI=1S/C13H16ClN5S/c1-8(15)6-9-2-5-11(7-12(9)14)20-13-16-17-18-19(13)10-3-4-10/h2,5,7-8,10H,3-4,6,15H2,1H3. The van der Waals surface area contributed by atoms with Gasteiger partial charge in [0.1, 0.15) is 0 Å². The number of rotatable bonds is 5. The van der Waals surface area contributed by atoms with Gasteiger partial charge >= 0.3 is 0 Å².